The minimum atomic E-state index is -3.76. The first kappa shape index (κ1) is 14.5. The van der Waals surface area contributed by atoms with Gasteiger partial charge in [-0.25, -0.2) is 18.1 Å². The monoisotopic (exact) mass is 308 g/mol. The molecule has 1 heterocycles. The van der Waals surface area contributed by atoms with Crippen LogP contribution in [0.2, 0.25) is 0 Å². The zero-order chi connectivity index (χ0) is 14.8. The first-order chi connectivity index (χ1) is 9.44. The SMILES string of the molecule is CC(NS(=O)(=O)c1ccc(C#N)cc1N)c1nccs1. The lowest BCUT2D eigenvalue weighted by molar-refractivity contribution is 0.567. The van der Waals surface area contributed by atoms with Crippen LogP contribution in [-0.2, 0) is 10.0 Å². The van der Waals surface area contributed by atoms with E-state index in [0.717, 1.165) is 0 Å². The molecule has 8 heteroatoms. The van der Waals surface area contributed by atoms with Crippen LogP contribution in [0.5, 0.6) is 0 Å². The van der Waals surface area contributed by atoms with Gasteiger partial charge in [0.25, 0.3) is 0 Å². The molecule has 2 aromatic rings. The standard InChI is InChI=1S/C12H12N4O2S2/c1-8(12-15-4-5-19-12)16-20(17,18)11-3-2-9(7-13)6-10(11)14/h2-6,8,16H,14H2,1H3. The van der Waals surface area contributed by atoms with Crippen LogP contribution in [0.1, 0.15) is 23.5 Å². The largest absolute Gasteiger partial charge is 0.398 e. The highest BCUT2D eigenvalue weighted by Crippen LogP contribution is 2.23. The van der Waals surface area contributed by atoms with E-state index in [0.29, 0.717) is 10.6 Å². The molecular formula is C12H12N4O2S2. The number of nitriles is 1. The highest BCUT2D eigenvalue weighted by Gasteiger charge is 2.22. The van der Waals surface area contributed by atoms with Gasteiger partial charge in [-0.05, 0) is 25.1 Å². The molecule has 0 saturated heterocycles. The fourth-order valence-corrected chi connectivity index (χ4v) is 3.70. The summed E-state index contributed by atoms with van der Waals surface area (Å²) < 4.78 is 27.0. The molecular weight excluding hydrogens is 296 g/mol. The number of nitrogen functional groups attached to an aromatic ring is 1. The maximum atomic E-state index is 12.3. The zero-order valence-corrected chi connectivity index (χ0v) is 12.2. The van der Waals surface area contributed by atoms with Gasteiger partial charge in [-0.15, -0.1) is 11.3 Å². The Hall–Kier alpha value is -1.95. The van der Waals surface area contributed by atoms with E-state index in [2.05, 4.69) is 9.71 Å². The summed E-state index contributed by atoms with van der Waals surface area (Å²) in [4.78, 5) is 4.02. The van der Waals surface area contributed by atoms with Crippen molar-refractivity contribution in [3.63, 3.8) is 0 Å². The predicted molar refractivity (Wildman–Crippen MR) is 76.4 cm³/mol. The van der Waals surface area contributed by atoms with E-state index in [1.165, 1.54) is 29.5 Å². The van der Waals surface area contributed by atoms with Crippen LogP contribution in [0.15, 0.2) is 34.7 Å². The summed E-state index contributed by atoms with van der Waals surface area (Å²) in [5.74, 6) is 0. The first-order valence-corrected chi connectivity index (χ1v) is 8.01. The van der Waals surface area contributed by atoms with Crippen molar-refractivity contribution in [3.05, 3.63) is 40.3 Å². The first-order valence-electron chi connectivity index (χ1n) is 5.65. The predicted octanol–water partition coefficient (Wildman–Crippen LogP) is 1.64. The Morgan fingerprint density at radius 1 is 1.50 bits per heavy atom. The summed E-state index contributed by atoms with van der Waals surface area (Å²) >= 11 is 1.36. The summed E-state index contributed by atoms with van der Waals surface area (Å²) in [6.07, 6.45) is 1.61. The molecule has 104 valence electrons. The summed E-state index contributed by atoms with van der Waals surface area (Å²) in [6, 6.07) is 5.53. The lowest BCUT2D eigenvalue weighted by Gasteiger charge is -2.13. The molecule has 0 aliphatic heterocycles. The van der Waals surface area contributed by atoms with Crippen LogP contribution >= 0.6 is 11.3 Å². The highest BCUT2D eigenvalue weighted by molar-refractivity contribution is 7.89. The van der Waals surface area contributed by atoms with Crippen LogP contribution in [0.25, 0.3) is 0 Å². The molecule has 6 nitrogen and oxygen atoms in total. The zero-order valence-electron chi connectivity index (χ0n) is 10.6. The number of nitrogens with zero attached hydrogens (tertiary/aromatic N) is 2. The van der Waals surface area contributed by atoms with Crippen LogP contribution in [0.4, 0.5) is 5.69 Å². The number of rotatable bonds is 4. The van der Waals surface area contributed by atoms with Gasteiger partial charge in [0.05, 0.1) is 23.4 Å². The Kier molecular flexibility index (Phi) is 4.04. The van der Waals surface area contributed by atoms with Crippen molar-refractivity contribution in [2.45, 2.75) is 17.9 Å². The third-order valence-corrected chi connectivity index (χ3v) is 5.16. The molecule has 0 bridgehead atoms. The average Bonchev–Trinajstić information content (AvgIpc) is 2.91. The molecule has 1 atom stereocenters. The second-order valence-electron chi connectivity index (χ2n) is 4.08. The molecule has 0 aliphatic carbocycles. The third-order valence-electron chi connectivity index (χ3n) is 2.58. The van der Waals surface area contributed by atoms with Crippen molar-refractivity contribution >= 4 is 27.0 Å². The number of hydrogen-bond donors (Lipinski definition) is 2. The van der Waals surface area contributed by atoms with Crippen LogP contribution in [-0.4, -0.2) is 13.4 Å². The van der Waals surface area contributed by atoms with Gasteiger partial charge in [-0.3, -0.25) is 0 Å². The van der Waals surface area contributed by atoms with E-state index in [1.807, 2.05) is 6.07 Å². The van der Waals surface area contributed by atoms with E-state index in [-0.39, 0.29) is 10.6 Å². The van der Waals surface area contributed by atoms with E-state index < -0.39 is 16.1 Å². The normalized spacial score (nSPS) is 12.8. The summed E-state index contributed by atoms with van der Waals surface area (Å²) in [6.45, 7) is 1.70. The smallest absolute Gasteiger partial charge is 0.243 e. The Balaban J connectivity index is 2.29. The number of sulfonamides is 1. The minimum absolute atomic E-state index is 0.0418. The molecule has 1 aromatic heterocycles. The number of aromatic nitrogens is 1. The number of anilines is 1. The lowest BCUT2D eigenvalue weighted by Crippen LogP contribution is -2.27. The number of nitrogens with one attached hydrogen (secondary N) is 1. The Morgan fingerprint density at radius 3 is 2.80 bits per heavy atom. The second kappa shape index (κ2) is 5.58. The van der Waals surface area contributed by atoms with Crippen molar-refractivity contribution in [3.8, 4) is 6.07 Å². The van der Waals surface area contributed by atoms with Crippen molar-refractivity contribution < 1.29 is 8.42 Å². The molecule has 0 spiro atoms. The molecule has 0 fully saturated rings. The van der Waals surface area contributed by atoms with Gasteiger partial charge in [0.2, 0.25) is 10.0 Å². The van der Waals surface area contributed by atoms with Crippen molar-refractivity contribution in [1.29, 1.82) is 5.26 Å². The van der Waals surface area contributed by atoms with Crippen LogP contribution < -0.4 is 10.5 Å². The van der Waals surface area contributed by atoms with Gasteiger partial charge in [-0.2, -0.15) is 5.26 Å². The fraction of sp³-hybridized carbons (Fsp3) is 0.167. The molecule has 1 unspecified atom stereocenters. The van der Waals surface area contributed by atoms with Gasteiger partial charge in [0.15, 0.2) is 0 Å². The van der Waals surface area contributed by atoms with Gasteiger partial charge >= 0.3 is 0 Å². The second-order valence-corrected chi connectivity index (χ2v) is 6.69. The molecule has 0 aliphatic rings. The van der Waals surface area contributed by atoms with E-state index in [9.17, 15) is 8.42 Å². The minimum Gasteiger partial charge on any atom is -0.398 e. The van der Waals surface area contributed by atoms with Gasteiger partial charge in [0, 0.05) is 11.6 Å². The fourth-order valence-electron chi connectivity index (χ4n) is 1.66. The maximum Gasteiger partial charge on any atom is 0.243 e. The van der Waals surface area contributed by atoms with Gasteiger partial charge in [-0.1, -0.05) is 0 Å². The Bertz CT molecular complexity index is 748. The number of thiazole rings is 1. The molecule has 20 heavy (non-hydrogen) atoms. The molecule has 3 N–H and O–H groups in total. The van der Waals surface area contributed by atoms with Gasteiger partial charge < -0.3 is 5.73 Å². The third kappa shape index (κ3) is 2.96. The summed E-state index contributed by atoms with van der Waals surface area (Å²) in [5, 5.41) is 11.2. The van der Waals surface area contributed by atoms with Crippen LogP contribution in [0.3, 0.4) is 0 Å². The highest BCUT2D eigenvalue weighted by atomic mass is 32.2. The van der Waals surface area contributed by atoms with E-state index >= 15 is 0 Å². The average molecular weight is 308 g/mol. The molecule has 2 rings (SSSR count). The number of benzene rings is 1. The molecule has 0 saturated carbocycles. The van der Waals surface area contributed by atoms with E-state index in [4.69, 9.17) is 11.0 Å². The number of nitrogens with two attached hydrogens (primary N) is 1. The number of hydrogen-bond acceptors (Lipinski definition) is 6. The maximum absolute atomic E-state index is 12.3. The molecule has 0 radical (unpaired) electrons. The topological polar surface area (TPSA) is 109 Å². The van der Waals surface area contributed by atoms with Crippen LogP contribution in [0, 0.1) is 11.3 Å². The van der Waals surface area contributed by atoms with Crippen molar-refractivity contribution in [1.82, 2.24) is 9.71 Å². The lowest BCUT2D eigenvalue weighted by atomic mass is 10.2. The summed E-state index contributed by atoms with van der Waals surface area (Å²) in [7, 11) is -3.76. The molecule has 1 aromatic carbocycles. The van der Waals surface area contributed by atoms with Crippen molar-refractivity contribution in [2.24, 2.45) is 0 Å². The van der Waals surface area contributed by atoms with Crippen molar-refractivity contribution in [2.75, 3.05) is 5.73 Å². The molecule has 0 amide bonds. The Labute approximate surface area is 120 Å². The summed E-state index contributed by atoms with van der Waals surface area (Å²) in [5.41, 5.74) is 6.05. The van der Waals surface area contributed by atoms with Gasteiger partial charge in [0.1, 0.15) is 9.90 Å². The van der Waals surface area contributed by atoms with E-state index in [1.54, 1.807) is 18.5 Å². The Morgan fingerprint density at radius 2 is 2.25 bits per heavy atom. The quantitative estimate of drug-likeness (QED) is 0.834.